The van der Waals surface area contributed by atoms with Gasteiger partial charge in [-0.05, 0) is 30.3 Å². The van der Waals surface area contributed by atoms with Crippen molar-refractivity contribution in [2.45, 2.75) is 0 Å². The Morgan fingerprint density at radius 2 is 2.20 bits per heavy atom. The first-order valence-corrected chi connectivity index (χ1v) is 6.01. The lowest BCUT2D eigenvalue weighted by atomic mass is 10.0. The van der Waals surface area contributed by atoms with Gasteiger partial charge in [0.15, 0.2) is 17.3 Å². The molecule has 0 aliphatic heterocycles. The zero-order valence-electron chi connectivity index (χ0n) is 10.7. The van der Waals surface area contributed by atoms with E-state index < -0.39 is 5.82 Å². The summed E-state index contributed by atoms with van der Waals surface area (Å²) in [6, 6.07) is 7.71. The maximum atomic E-state index is 13.7. The Morgan fingerprint density at radius 1 is 1.35 bits per heavy atom. The van der Waals surface area contributed by atoms with Gasteiger partial charge >= 0.3 is 0 Å². The summed E-state index contributed by atoms with van der Waals surface area (Å²) in [4.78, 5) is 19.5. The smallest absolute Gasteiger partial charge is 0.195 e. The first-order valence-electron chi connectivity index (χ1n) is 6.01. The monoisotopic (exact) mass is 270 g/mol. The Balaban J connectivity index is 2.06. The van der Waals surface area contributed by atoms with Crippen LogP contribution >= 0.6 is 0 Å². The fourth-order valence-corrected chi connectivity index (χ4v) is 2.11. The third kappa shape index (κ3) is 1.93. The van der Waals surface area contributed by atoms with Crippen molar-refractivity contribution in [2.24, 2.45) is 0 Å². The average Bonchev–Trinajstić information content (AvgIpc) is 2.90. The van der Waals surface area contributed by atoms with Crippen LogP contribution in [-0.4, -0.2) is 22.9 Å². The summed E-state index contributed by atoms with van der Waals surface area (Å²) in [5.74, 6) is -0.704. The number of hydrogen-bond acceptors (Lipinski definition) is 3. The lowest BCUT2D eigenvalue weighted by Crippen LogP contribution is -2.01. The summed E-state index contributed by atoms with van der Waals surface area (Å²) >= 11 is 0. The summed E-state index contributed by atoms with van der Waals surface area (Å²) in [7, 11) is 1.38. The molecule has 2 aromatic heterocycles. The molecular formula is C15H11FN2O2. The van der Waals surface area contributed by atoms with Crippen LogP contribution in [0.5, 0.6) is 5.75 Å². The molecule has 0 radical (unpaired) electrons. The molecule has 0 saturated carbocycles. The lowest BCUT2D eigenvalue weighted by molar-refractivity contribution is 0.104. The Labute approximate surface area is 114 Å². The highest BCUT2D eigenvalue weighted by Gasteiger charge is 2.16. The van der Waals surface area contributed by atoms with Crippen molar-refractivity contribution in [3.05, 3.63) is 59.7 Å². The van der Waals surface area contributed by atoms with Crippen LogP contribution in [-0.2, 0) is 0 Å². The molecule has 1 aromatic carbocycles. The molecule has 0 fully saturated rings. The van der Waals surface area contributed by atoms with Gasteiger partial charge in [-0.3, -0.25) is 4.79 Å². The Hall–Kier alpha value is -2.69. The zero-order chi connectivity index (χ0) is 14.1. The second-order valence-corrected chi connectivity index (χ2v) is 4.28. The van der Waals surface area contributed by atoms with Crippen LogP contribution in [0.25, 0.3) is 11.0 Å². The normalized spacial score (nSPS) is 10.7. The number of fused-ring (bicyclic) bond motifs is 1. The second kappa shape index (κ2) is 4.77. The molecule has 0 aliphatic carbocycles. The van der Waals surface area contributed by atoms with E-state index in [4.69, 9.17) is 4.74 Å². The average molecular weight is 270 g/mol. The molecule has 0 saturated heterocycles. The highest BCUT2D eigenvalue weighted by Crippen LogP contribution is 2.23. The number of aromatic amines is 1. The predicted molar refractivity (Wildman–Crippen MR) is 72.5 cm³/mol. The number of carbonyl (C=O) groups is 1. The van der Waals surface area contributed by atoms with E-state index in [0.717, 1.165) is 0 Å². The van der Waals surface area contributed by atoms with Crippen LogP contribution < -0.4 is 4.74 Å². The summed E-state index contributed by atoms with van der Waals surface area (Å²) in [6.07, 6.45) is 3.22. The standard InChI is InChI=1S/C15H11FN2O2/c1-20-13-5-4-9(7-12(13)16)14(19)11-8-18-15-10(11)3-2-6-17-15/h2-8H,1H3,(H,17,18). The topological polar surface area (TPSA) is 55.0 Å². The summed E-state index contributed by atoms with van der Waals surface area (Å²) < 4.78 is 18.5. The van der Waals surface area contributed by atoms with Crippen LogP contribution in [0.1, 0.15) is 15.9 Å². The van der Waals surface area contributed by atoms with Crippen molar-refractivity contribution in [3.63, 3.8) is 0 Å². The number of hydrogen-bond donors (Lipinski definition) is 1. The van der Waals surface area contributed by atoms with E-state index in [1.165, 1.54) is 19.2 Å². The number of benzene rings is 1. The Bertz CT molecular complexity index is 795. The minimum absolute atomic E-state index is 0.113. The van der Waals surface area contributed by atoms with Crippen LogP contribution in [0.4, 0.5) is 4.39 Å². The molecule has 2 heterocycles. The van der Waals surface area contributed by atoms with Gasteiger partial charge in [0, 0.05) is 28.9 Å². The Kier molecular flexibility index (Phi) is 2.95. The van der Waals surface area contributed by atoms with Gasteiger partial charge < -0.3 is 9.72 Å². The van der Waals surface area contributed by atoms with E-state index in [0.29, 0.717) is 16.6 Å². The van der Waals surface area contributed by atoms with Gasteiger partial charge in [-0.1, -0.05) is 0 Å². The molecule has 0 bridgehead atoms. The van der Waals surface area contributed by atoms with Crippen molar-refractivity contribution < 1.29 is 13.9 Å². The number of ether oxygens (including phenoxy) is 1. The molecule has 4 nitrogen and oxygen atoms in total. The molecule has 5 heteroatoms. The summed E-state index contributed by atoms with van der Waals surface area (Å²) in [5.41, 5.74) is 1.37. The van der Waals surface area contributed by atoms with Gasteiger partial charge in [0.2, 0.25) is 0 Å². The highest BCUT2D eigenvalue weighted by atomic mass is 19.1. The van der Waals surface area contributed by atoms with Crippen molar-refractivity contribution in [3.8, 4) is 5.75 Å². The van der Waals surface area contributed by atoms with E-state index >= 15 is 0 Å². The summed E-state index contributed by atoms with van der Waals surface area (Å²) in [6.45, 7) is 0. The molecule has 3 aromatic rings. The number of ketones is 1. The maximum absolute atomic E-state index is 13.7. The third-order valence-electron chi connectivity index (χ3n) is 3.11. The van der Waals surface area contributed by atoms with E-state index in [9.17, 15) is 9.18 Å². The van der Waals surface area contributed by atoms with Gasteiger partial charge in [-0.25, -0.2) is 9.37 Å². The number of methoxy groups -OCH3 is 1. The molecule has 100 valence electrons. The number of halogens is 1. The number of carbonyl (C=O) groups excluding carboxylic acids is 1. The van der Waals surface area contributed by atoms with Crippen molar-refractivity contribution in [2.75, 3.05) is 7.11 Å². The molecule has 0 amide bonds. The van der Waals surface area contributed by atoms with Gasteiger partial charge in [-0.15, -0.1) is 0 Å². The van der Waals surface area contributed by atoms with Gasteiger partial charge in [0.25, 0.3) is 0 Å². The van der Waals surface area contributed by atoms with Gasteiger partial charge in [-0.2, -0.15) is 0 Å². The van der Waals surface area contributed by atoms with Crippen LogP contribution in [0.3, 0.4) is 0 Å². The number of nitrogens with one attached hydrogen (secondary N) is 1. The van der Waals surface area contributed by atoms with Crippen LogP contribution in [0.15, 0.2) is 42.7 Å². The number of H-pyrrole nitrogens is 1. The van der Waals surface area contributed by atoms with Gasteiger partial charge in [0.1, 0.15) is 5.65 Å². The molecule has 20 heavy (non-hydrogen) atoms. The van der Waals surface area contributed by atoms with E-state index in [-0.39, 0.29) is 17.1 Å². The molecular weight excluding hydrogens is 259 g/mol. The summed E-state index contributed by atoms with van der Waals surface area (Å²) in [5, 5.41) is 0.716. The van der Waals surface area contributed by atoms with E-state index in [1.54, 1.807) is 30.6 Å². The zero-order valence-corrected chi connectivity index (χ0v) is 10.7. The number of nitrogens with zero attached hydrogens (tertiary/aromatic N) is 1. The lowest BCUT2D eigenvalue weighted by Gasteiger charge is -2.04. The molecule has 0 spiro atoms. The van der Waals surface area contributed by atoms with E-state index in [1.807, 2.05) is 0 Å². The molecule has 0 atom stereocenters. The quantitative estimate of drug-likeness (QED) is 0.744. The van der Waals surface area contributed by atoms with Crippen molar-refractivity contribution in [1.82, 2.24) is 9.97 Å². The van der Waals surface area contributed by atoms with Gasteiger partial charge in [0.05, 0.1) is 7.11 Å². The number of rotatable bonds is 3. The van der Waals surface area contributed by atoms with Crippen molar-refractivity contribution >= 4 is 16.8 Å². The minimum Gasteiger partial charge on any atom is -0.494 e. The molecule has 0 unspecified atom stereocenters. The minimum atomic E-state index is -0.559. The second-order valence-electron chi connectivity index (χ2n) is 4.28. The maximum Gasteiger partial charge on any atom is 0.195 e. The van der Waals surface area contributed by atoms with Crippen LogP contribution in [0, 0.1) is 5.82 Å². The SMILES string of the molecule is COc1ccc(C(=O)c2c[nH]c3ncccc23)cc1F. The Morgan fingerprint density at radius 3 is 2.95 bits per heavy atom. The number of pyridine rings is 1. The molecule has 3 rings (SSSR count). The first kappa shape index (κ1) is 12.3. The molecule has 0 aliphatic rings. The number of aromatic nitrogens is 2. The highest BCUT2D eigenvalue weighted by molar-refractivity contribution is 6.15. The molecule has 1 N–H and O–H groups in total. The van der Waals surface area contributed by atoms with E-state index in [2.05, 4.69) is 9.97 Å². The fourth-order valence-electron chi connectivity index (χ4n) is 2.11. The van der Waals surface area contributed by atoms with Crippen LogP contribution in [0.2, 0.25) is 0 Å². The first-order chi connectivity index (χ1) is 9.70. The fraction of sp³-hybridized carbons (Fsp3) is 0.0667. The largest absolute Gasteiger partial charge is 0.494 e. The van der Waals surface area contributed by atoms with Crippen molar-refractivity contribution in [1.29, 1.82) is 0 Å². The predicted octanol–water partition coefficient (Wildman–Crippen LogP) is 2.94. The third-order valence-corrected chi connectivity index (χ3v) is 3.11.